The minimum Gasteiger partial charge on any atom is -0.229 e. The number of sulfone groups is 1. The monoisotopic (exact) mass is 133 g/mol. The summed E-state index contributed by atoms with van der Waals surface area (Å²) in [6.45, 7) is 3.33. The number of rotatable bonds is 2. The van der Waals surface area contributed by atoms with Crippen LogP contribution in [-0.4, -0.2) is 19.4 Å². The van der Waals surface area contributed by atoms with E-state index in [2.05, 4.69) is 6.92 Å². The number of hydrogen-bond acceptors (Lipinski definition) is 2. The molecule has 0 atom stereocenters. The van der Waals surface area contributed by atoms with E-state index in [9.17, 15) is 8.42 Å². The van der Waals surface area contributed by atoms with Crippen LogP contribution in [0.25, 0.3) is 0 Å². The van der Waals surface area contributed by atoms with Gasteiger partial charge in [-0.05, 0) is 19.8 Å². The van der Waals surface area contributed by atoms with E-state index in [0.717, 1.165) is 12.8 Å². The first-order valence-corrected chi connectivity index (χ1v) is 4.39. The van der Waals surface area contributed by atoms with Gasteiger partial charge in [0.15, 0.2) is 9.84 Å². The Morgan fingerprint density at radius 3 is 2.12 bits per heavy atom. The first-order chi connectivity index (χ1) is 3.67. The van der Waals surface area contributed by atoms with Gasteiger partial charge in [0.1, 0.15) is 0 Å². The lowest BCUT2D eigenvalue weighted by Gasteiger charge is -1.92. The second kappa shape index (κ2) is 1.72. The van der Waals surface area contributed by atoms with Gasteiger partial charge in [-0.3, -0.25) is 0 Å². The molecule has 1 aliphatic carbocycles. The molecule has 0 N–H and O–H groups in total. The molecule has 0 spiro atoms. The second-order valence-corrected chi connectivity index (χ2v) is 4.47. The normalized spacial score (nSPS) is 21.1. The van der Waals surface area contributed by atoms with E-state index < -0.39 is 9.84 Å². The third-order valence-corrected chi connectivity index (χ3v) is 3.37. The molecule has 0 unspecified atom stereocenters. The Morgan fingerprint density at radius 2 is 2.00 bits per heavy atom. The molecule has 1 fully saturated rings. The molecule has 1 saturated carbocycles. The summed E-state index contributed by atoms with van der Waals surface area (Å²) in [5.41, 5.74) is 0. The third kappa shape index (κ3) is 1.02. The fourth-order valence-electron chi connectivity index (χ4n) is 0.594. The van der Waals surface area contributed by atoms with Crippen LogP contribution in [0.4, 0.5) is 0 Å². The van der Waals surface area contributed by atoms with Crippen LogP contribution in [0.2, 0.25) is 0 Å². The van der Waals surface area contributed by atoms with Gasteiger partial charge in [-0.25, -0.2) is 8.42 Å². The Kier molecular flexibility index (Phi) is 1.31. The van der Waals surface area contributed by atoms with Crippen LogP contribution in [0.15, 0.2) is 0 Å². The zero-order valence-corrected chi connectivity index (χ0v) is 5.45. The molecule has 0 aromatic heterocycles. The van der Waals surface area contributed by atoms with E-state index >= 15 is 0 Å². The van der Waals surface area contributed by atoms with Crippen molar-refractivity contribution in [2.45, 2.75) is 18.1 Å². The van der Waals surface area contributed by atoms with Crippen LogP contribution >= 0.6 is 0 Å². The zero-order chi connectivity index (χ0) is 6.20. The highest BCUT2D eigenvalue weighted by Gasteiger charge is 2.33. The quantitative estimate of drug-likeness (QED) is 0.546. The predicted molar refractivity (Wildman–Crippen MR) is 32.2 cm³/mol. The average Bonchev–Trinajstić information content (AvgIpc) is 2.44. The summed E-state index contributed by atoms with van der Waals surface area (Å²) >= 11 is 0. The smallest absolute Gasteiger partial charge is 0.153 e. The van der Waals surface area contributed by atoms with Gasteiger partial charge in [0.05, 0.1) is 11.0 Å². The molecule has 1 rings (SSSR count). The van der Waals surface area contributed by atoms with E-state index in [0.29, 0.717) is 0 Å². The largest absolute Gasteiger partial charge is 0.229 e. The van der Waals surface area contributed by atoms with Crippen LogP contribution in [0.5, 0.6) is 0 Å². The first-order valence-electron chi connectivity index (χ1n) is 2.67. The Hall–Kier alpha value is -0.0500. The van der Waals surface area contributed by atoms with Crippen molar-refractivity contribution in [3.8, 4) is 0 Å². The minimum absolute atomic E-state index is 0.0278. The van der Waals surface area contributed by atoms with Gasteiger partial charge in [0.25, 0.3) is 0 Å². The topological polar surface area (TPSA) is 34.1 Å². The van der Waals surface area contributed by atoms with Crippen molar-refractivity contribution >= 4 is 9.84 Å². The van der Waals surface area contributed by atoms with Crippen LogP contribution in [0.1, 0.15) is 12.8 Å². The summed E-state index contributed by atoms with van der Waals surface area (Å²) in [6.07, 6.45) is 1.72. The van der Waals surface area contributed by atoms with Crippen molar-refractivity contribution in [3.63, 3.8) is 0 Å². The van der Waals surface area contributed by atoms with Crippen LogP contribution in [-0.2, 0) is 9.84 Å². The standard InChI is InChI=1S/C5H9O2S/c1-2-8(6,7)5-3-4-5/h5H,1-4H2. The summed E-state index contributed by atoms with van der Waals surface area (Å²) in [6, 6.07) is 0. The molecule has 47 valence electrons. The van der Waals surface area contributed by atoms with Crippen molar-refractivity contribution in [1.29, 1.82) is 0 Å². The van der Waals surface area contributed by atoms with E-state index in [1.54, 1.807) is 0 Å². The van der Waals surface area contributed by atoms with Gasteiger partial charge in [-0.15, -0.1) is 0 Å². The minimum atomic E-state index is -2.74. The summed E-state index contributed by atoms with van der Waals surface area (Å²) in [5.74, 6) is 0.0671. The fourth-order valence-corrected chi connectivity index (χ4v) is 1.78. The van der Waals surface area contributed by atoms with Gasteiger partial charge in [-0.1, -0.05) is 0 Å². The number of hydrogen-bond donors (Lipinski definition) is 0. The lowest BCUT2D eigenvalue weighted by atomic mass is 11.0. The Balaban J connectivity index is 2.65. The molecule has 0 heterocycles. The highest BCUT2D eigenvalue weighted by molar-refractivity contribution is 7.92. The molecule has 0 aromatic carbocycles. The maximum Gasteiger partial charge on any atom is 0.153 e. The third-order valence-electron chi connectivity index (χ3n) is 1.32. The highest BCUT2D eigenvalue weighted by Crippen LogP contribution is 2.28. The SMILES string of the molecule is [CH2]CS(=O)(=O)C1CC1. The Bertz CT molecular complexity index is 165. The molecule has 8 heavy (non-hydrogen) atoms. The van der Waals surface area contributed by atoms with Gasteiger partial charge in [-0.2, -0.15) is 0 Å². The van der Waals surface area contributed by atoms with Crippen molar-refractivity contribution in [1.82, 2.24) is 0 Å². The van der Waals surface area contributed by atoms with E-state index in [1.165, 1.54) is 0 Å². The van der Waals surface area contributed by atoms with Crippen molar-refractivity contribution < 1.29 is 8.42 Å². The molecule has 0 aliphatic heterocycles. The van der Waals surface area contributed by atoms with Crippen LogP contribution in [0.3, 0.4) is 0 Å². The van der Waals surface area contributed by atoms with Crippen LogP contribution in [0, 0.1) is 6.92 Å². The van der Waals surface area contributed by atoms with Crippen molar-refractivity contribution in [2.75, 3.05) is 5.75 Å². The molecular formula is C5H9O2S. The molecule has 2 nitrogen and oxygen atoms in total. The van der Waals surface area contributed by atoms with Crippen molar-refractivity contribution in [2.24, 2.45) is 0 Å². The highest BCUT2D eigenvalue weighted by atomic mass is 32.2. The summed E-state index contributed by atoms with van der Waals surface area (Å²) < 4.78 is 21.4. The van der Waals surface area contributed by atoms with Gasteiger partial charge in [0.2, 0.25) is 0 Å². The molecule has 0 amide bonds. The lowest BCUT2D eigenvalue weighted by Crippen LogP contribution is -2.08. The molecule has 0 saturated heterocycles. The molecular weight excluding hydrogens is 124 g/mol. The zero-order valence-electron chi connectivity index (χ0n) is 4.63. The van der Waals surface area contributed by atoms with Gasteiger partial charge in [0, 0.05) is 0 Å². The second-order valence-electron chi connectivity index (χ2n) is 2.07. The molecule has 3 heteroatoms. The molecule has 1 radical (unpaired) electrons. The summed E-state index contributed by atoms with van der Waals surface area (Å²) in [7, 11) is -2.74. The maximum atomic E-state index is 10.7. The van der Waals surface area contributed by atoms with Gasteiger partial charge >= 0.3 is 0 Å². The van der Waals surface area contributed by atoms with Crippen LogP contribution < -0.4 is 0 Å². The Labute approximate surface area is 49.8 Å². The maximum absolute atomic E-state index is 10.7. The van der Waals surface area contributed by atoms with Crippen molar-refractivity contribution in [3.05, 3.63) is 6.92 Å². The lowest BCUT2D eigenvalue weighted by molar-refractivity contribution is 0.597. The van der Waals surface area contributed by atoms with Gasteiger partial charge < -0.3 is 0 Å². The van der Waals surface area contributed by atoms with E-state index in [1.807, 2.05) is 0 Å². The van der Waals surface area contributed by atoms with E-state index in [-0.39, 0.29) is 11.0 Å². The fraction of sp³-hybridized carbons (Fsp3) is 0.800. The molecule has 0 bridgehead atoms. The summed E-state index contributed by atoms with van der Waals surface area (Å²) in [5, 5.41) is -0.0278. The van der Waals surface area contributed by atoms with E-state index in [4.69, 9.17) is 0 Å². The summed E-state index contributed by atoms with van der Waals surface area (Å²) in [4.78, 5) is 0. The predicted octanol–water partition coefficient (Wildman–Crippen LogP) is 0.398. The molecule has 0 aromatic rings. The molecule has 1 aliphatic rings. The first kappa shape index (κ1) is 6.08. The Morgan fingerprint density at radius 1 is 1.50 bits per heavy atom. The average molecular weight is 133 g/mol.